The summed E-state index contributed by atoms with van der Waals surface area (Å²) in [5.74, 6) is 0.0151. The van der Waals surface area contributed by atoms with Gasteiger partial charge in [-0.05, 0) is 43.2 Å². The number of aryl methyl sites for hydroxylation is 1. The van der Waals surface area contributed by atoms with Crippen LogP contribution in [0, 0.1) is 11.3 Å². The fourth-order valence-corrected chi connectivity index (χ4v) is 3.98. The summed E-state index contributed by atoms with van der Waals surface area (Å²) in [4.78, 5) is 0. The second kappa shape index (κ2) is 8.05. The Hall–Kier alpha value is -2.82. The first-order valence-corrected chi connectivity index (χ1v) is 10.7. The van der Waals surface area contributed by atoms with E-state index in [9.17, 15) is 13.7 Å². The van der Waals surface area contributed by atoms with Gasteiger partial charge in [0, 0.05) is 24.7 Å². The van der Waals surface area contributed by atoms with Crippen LogP contribution < -0.4 is 4.72 Å². The molecule has 3 rings (SSSR count). The van der Waals surface area contributed by atoms with Crippen molar-refractivity contribution in [1.29, 1.82) is 5.26 Å². The molecule has 0 aliphatic carbocycles. The molecule has 2 aromatic carbocycles. The van der Waals surface area contributed by atoms with Crippen molar-refractivity contribution in [2.75, 3.05) is 17.6 Å². The summed E-state index contributed by atoms with van der Waals surface area (Å²) in [7, 11) is -1.67. The van der Waals surface area contributed by atoms with Crippen LogP contribution in [0.5, 0.6) is 0 Å². The van der Waals surface area contributed by atoms with E-state index in [2.05, 4.69) is 21.4 Å². The first-order valence-electron chi connectivity index (χ1n) is 9.09. The number of anilines is 1. The van der Waals surface area contributed by atoms with Gasteiger partial charge in [0.25, 0.3) is 0 Å². The van der Waals surface area contributed by atoms with Crippen molar-refractivity contribution >= 4 is 26.6 Å². The largest absolute Gasteiger partial charge is 0.380 e. The zero-order valence-corrected chi connectivity index (χ0v) is 17.0. The molecule has 6 nitrogen and oxygen atoms in total. The van der Waals surface area contributed by atoms with E-state index in [1.54, 1.807) is 26.2 Å². The molecule has 0 fully saturated rings. The van der Waals surface area contributed by atoms with Crippen molar-refractivity contribution in [3.8, 4) is 17.3 Å². The van der Waals surface area contributed by atoms with Crippen LogP contribution in [-0.2, 0) is 27.9 Å². The number of fused-ring (bicyclic) bond motifs is 1. The predicted molar refractivity (Wildman–Crippen MR) is 112 cm³/mol. The molecule has 1 heterocycles. The smallest absolute Gasteiger partial charge is 0.232 e. The molecule has 1 N–H and O–H groups in total. The molecular formula is C21H23N3O3S. The summed E-state index contributed by atoms with van der Waals surface area (Å²) in [5, 5.41) is 10.7. The SMILES string of the molecule is CCn1c(-c2ccc(NS(=O)(=O)CC)cc2)c(C#N)c2ccc(COC)cc21. The predicted octanol–water partition coefficient (Wildman–Crippen LogP) is 4.11. The quantitative estimate of drug-likeness (QED) is 0.650. The van der Waals surface area contributed by atoms with Crippen molar-refractivity contribution in [2.45, 2.75) is 27.0 Å². The average Bonchev–Trinajstić information content (AvgIpc) is 3.01. The number of nitriles is 1. The summed E-state index contributed by atoms with van der Waals surface area (Å²) < 4.78 is 33.4. The number of hydrogen-bond donors (Lipinski definition) is 1. The second-order valence-electron chi connectivity index (χ2n) is 6.45. The Kier molecular flexibility index (Phi) is 5.73. The van der Waals surface area contributed by atoms with Crippen molar-refractivity contribution in [1.82, 2.24) is 4.57 Å². The van der Waals surface area contributed by atoms with Gasteiger partial charge in [0.1, 0.15) is 6.07 Å². The average molecular weight is 398 g/mol. The normalized spacial score (nSPS) is 11.5. The monoisotopic (exact) mass is 397 g/mol. The van der Waals surface area contributed by atoms with Crippen LogP contribution in [0.25, 0.3) is 22.2 Å². The molecule has 0 saturated heterocycles. The molecule has 0 unspecified atom stereocenters. The minimum atomic E-state index is -3.33. The van der Waals surface area contributed by atoms with Gasteiger partial charge in [-0.25, -0.2) is 8.42 Å². The molecule has 0 aliphatic heterocycles. The second-order valence-corrected chi connectivity index (χ2v) is 8.46. The minimum absolute atomic E-state index is 0.0151. The number of nitrogens with one attached hydrogen (secondary N) is 1. The number of nitrogens with zero attached hydrogens (tertiary/aromatic N) is 2. The topological polar surface area (TPSA) is 84.1 Å². The summed E-state index contributed by atoms with van der Waals surface area (Å²) in [5.41, 5.74) is 4.84. The van der Waals surface area contributed by atoms with Gasteiger partial charge in [0.05, 0.1) is 29.1 Å². The Morgan fingerprint density at radius 1 is 1.14 bits per heavy atom. The summed E-state index contributed by atoms with van der Waals surface area (Å²) >= 11 is 0. The lowest BCUT2D eigenvalue weighted by Crippen LogP contribution is -2.14. The van der Waals surface area contributed by atoms with Gasteiger partial charge >= 0.3 is 0 Å². The number of hydrogen-bond acceptors (Lipinski definition) is 4. The van der Waals surface area contributed by atoms with Crippen molar-refractivity contribution in [3.63, 3.8) is 0 Å². The molecule has 146 valence electrons. The van der Waals surface area contributed by atoms with Gasteiger partial charge < -0.3 is 9.30 Å². The van der Waals surface area contributed by atoms with Gasteiger partial charge in [-0.15, -0.1) is 0 Å². The molecular weight excluding hydrogens is 374 g/mol. The highest BCUT2D eigenvalue weighted by Gasteiger charge is 2.18. The zero-order valence-electron chi connectivity index (χ0n) is 16.2. The molecule has 28 heavy (non-hydrogen) atoms. The third kappa shape index (κ3) is 3.75. The van der Waals surface area contributed by atoms with E-state index >= 15 is 0 Å². The van der Waals surface area contributed by atoms with E-state index in [0.717, 1.165) is 27.7 Å². The third-order valence-corrected chi connectivity index (χ3v) is 5.99. The molecule has 0 bridgehead atoms. The molecule has 0 amide bonds. The van der Waals surface area contributed by atoms with E-state index < -0.39 is 10.0 Å². The number of sulfonamides is 1. The number of benzene rings is 2. The molecule has 3 aromatic rings. The Morgan fingerprint density at radius 2 is 1.86 bits per heavy atom. The maximum atomic E-state index is 11.8. The van der Waals surface area contributed by atoms with Crippen LogP contribution >= 0.6 is 0 Å². The first-order chi connectivity index (χ1) is 13.4. The highest BCUT2D eigenvalue weighted by Crippen LogP contribution is 2.34. The minimum Gasteiger partial charge on any atom is -0.380 e. The Labute approximate surface area is 165 Å². The van der Waals surface area contributed by atoms with Crippen LogP contribution in [-0.4, -0.2) is 25.8 Å². The van der Waals surface area contributed by atoms with Crippen molar-refractivity contribution in [3.05, 3.63) is 53.6 Å². The molecule has 0 saturated carbocycles. The molecule has 1 aromatic heterocycles. The van der Waals surface area contributed by atoms with E-state index in [1.807, 2.05) is 31.2 Å². The van der Waals surface area contributed by atoms with Crippen LogP contribution in [0.15, 0.2) is 42.5 Å². The highest BCUT2D eigenvalue weighted by atomic mass is 32.2. The van der Waals surface area contributed by atoms with Crippen LogP contribution in [0.3, 0.4) is 0 Å². The summed E-state index contributed by atoms with van der Waals surface area (Å²) in [6, 6.07) is 15.4. The lowest BCUT2D eigenvalue weighted by molar-refractivity contribution is 0.185. The molecule has 0 spiro atoms. The Balaban J connectivity index is 2.13. The van der Waals surface area contributed by atoms with Gasteiger partial charge in [-0.2, -0.15) is 5.26 Å². The third-order valence-electron chi connectivity index (χ3n) is 4.68. The Bertz CT molecular complexity index is 1140. The summed E-state index contributed by atoms with van der Waals surface area (Å²) in [6.07, 6.45) is 0. The van der Waals surface area contributed by atoms with Gasteiger partial charge in [0.15, 0.2) is 0 Å². The lowest BCUT2D eigenvalue weighted by atomic mass is 10.1. The van der Waals surface area contributed by atoms with E-state index in [4.69, 9.17) is 4.74 Å². The van der Waals surface area contributed by atoms with Crippen LogP contribution in [0.4, 0.5) is 5.69 Å². The molecule has 0 atom stereocenters. The zero-order chi connectivity index (χ0) is 20.3. The standard InChI is InChI=1S/C21H23N3O3S/c1-4-24-20-12-15(14-27-3)6-11-18(20)19(13-22)21(24)16-7-9-17(10-8-16)23-28(25,26)5-2/h6-12,23H,4-5,14H2,1-3H3. The maximum Gasteiger partial charge on any atom is 0.232 e. The molecule has 0 radical (unpaired) electrons. The van der Waals surface area contributed by atoms with E-state index in [1.165, 1.54) is 0 Å². The fraction of sp³-hybridized carbons (Fsp3) is 0.286. The molecule has 7 heteroatoms. The summed E-state index contributed by atoms with van der Waals surface area (Å²) in [6.45, 7) is 4.84. The van der Waals surface area contributed by atoms with Crippen molar-refractivity contribution in [2.24, 2.45) is 0 Å². The molecule has 0 aliphatic rings. The number of methoxy groups -OCH3 is 1. The number of rotatable bonds is 7. The highest BCUT2D eigenvalue weighted by molar-refractivity contribution is 7.92. The Morgan fingerprint density at radius 3 is 2.43 bits per heavy atom. The fourth-order valence-electron chi connectivity index (χ4n) is 3.34. The number of ether oxygens (including phenoxy) is 1. The van der Waals surface area contributed by atoms with Gasteiger partial charge in [-0.3, -0.25) is 4.72 Å². The number of aromatic nitrogens is 1. The van der Waals surface area contributed by atoms with Gasteiger partial charge in [0.2, 0.25) is 10.0 Å². The van der Waals surface area contributed by atoms with Crippen molar-refractivity contribution < 1.29 is 13.2 Å². The first kappa shape index (κ1) is 19.9. The lowest BCUT2D eigenvalue weighted by Gasteiger charge is -2.11. The van der Waals surface area contributed by atoms with E-state index in [-0.39, 0.29) is 5.75 Å². The maximum absolute atomic E-state index is 11.8. The van der Waals surface area contributed by atoms with Gasteiger partial charge in [-0.1, -0.05) is 24.3 Å². The van der Waals surface area contributed by atoms with Crippen LogP contribution in [0.2, 0.25) is 0 Å². The van der Waals surface area contributed by atoms with E-state index in [0.29, 0.717) is 24.4 Å². The van der Waals surface area contributed by atoms with Crippen LogP contribution in [0.1, 0.15) is 25.0 Å².